The van der Waals surface area contributed by atoms with Crippen molar-refractivity contribution in [2.45, 2.75) is 32.4 Å². The number of hydrogen-bond donors (Lipinski definition) is 2. The summed E-state index contributed by atoms with van der Waals surface area (Å²) < 4.78 is 2.09. The van der Waals surface area contributed by atoms with Crippen LogP contribution in [0.1, 0.15) is 42.4 Å². The molecule has 1 fully saturated rings. The highest BCUT2D eigenvalue weighted by molar-refractivity contribution is 7.80. The van der Waals surface area contributed by atoms with Crippen LogP contribution in [0.25, 0.3) is 5.82 Å². The van der Waals surface area contributed by atoms with E-state index in [4.69, 9.17) is 12.2 Å². The first-order valence-corrected chi connectivity index (χ1v) is 12.0. The normalized spacial score (nSPS) is 17.3. The molecular weight excluding hydrogens is 456 g/mol. The summed E-state index contributed by atoms with van der Waals surface area (Å²) in [5.74, 6) is 0.819. The lowest BCUT2D eigenvalue weighted by Crippen LogP contribution is -2.30. The highest BCUT2D eigenvalue weighted by Crippen LogP contribution is 2.42. The minimum absolute atomic E-state index is 0.0134. The number of thiocarbonyl (C=S) groups is 1. The Labute approximate surface area is 209 Å². The van der Waals surface area contributed by atoms with Crippen LogP contribution >= 0.6 is 12.2 Å². The first-order valence-electron chi connectivity index (χ1n) is 11.6. The fraction of sp³-hybridized carbons (Fsp3) is 0.185. The molecule has 1 aliphatic rings. The number of anilines is 2. The zero-order chi connectivity index (χ0) is 24.4. The van der Waals surface area contributed by atoms with Gasteiger partial charge in [0.15, 0.2) is 5.11 Å². The number of hydrogen-bond acceptors (Lipinski definition) is 4. The van der Waals surface area contributed by atoms with Gasteiger partial charge in [0.05, 0.1) is 11.7 Å². The molecule has 1 amide bonds. The van der Waals surface area contributed by atoms with Crippen molar-refractivity contribution in [3.05, 3.63) is 102 Å². The minimum Gasteiger partial charge on any atom is -0.351 e. The lowest BCUT2D eigenvalue weighted by Gasteiger charge is -2.29. The summed E-state index contributed by atoms with van der Waals surface area (Å²) in [7, 11) is 0. The maximum Gasteiger partial charge on any atom is 0.224 e. The van der Waals surface area contributed by atoms with Crippen LogP contribution < -0.4 is 15.5 Å². The molecule has 1 aliphatic heterocycles. The monoisotopic (exact) mass is 482 g/mol. The zero-order valence-electron chi connectivity index (χ0n) is 19.6. The van der Waals surface area contributed by atoms with Crippen LogP contribution in [0.4, 0.5) is 11.4 Å². The van der Waals surface area contributed by atoms with Crippen LogP contribution in [0.5, 0.6) is 0 Å². The topological polar surface area (TPSA) is 75.1 Å². The summed E-state index contributed by atoms with van der Waals surface area (Å²) in [6.45, 7) is 3.83. The SMILES string of the molecule is CCC(=O)Nc1ccc(N2C(=S)N[C@@H](c3ccccn3)[C@@H]2c2cccn2-c2ccccn2)cc1C. The van der Waals surface area contributed by atoms with Crippen LogP contribution in [-0.2, 0) is 4.79 Å². The van der Waals surface area contributed by atoms with E-state index in [-0.39, 0.29) is 18.0 Å². The van der Waals surface area contributed by atoms with Gasteiger partial charge in [-0.2, -0.15) is 0 Å². The number of nitrogens with zero attached hydrogens (tertiary/aromatic N) is 4. The molecule has 5 rings (SSSR count). The van der Waals surface area contributed by atoms with Crippen LogP contribution in [0.3, 0.4) is 0 Å². The van der Waals surface area contributed by atoms with Crippen LogP contribution in [0.15, 0.2) is 85.3 Å². The van der Waals surface area contributed by atoms with E-state index in [9.17, 15) is 4.79 Å². The highest BCUT2D eigenvalue weighted by atomic mass is 32.1. The molecule has 2 atom stereocenters. The van der Waals surface area contributed by atoms with Gasteiger partial charge in [-0.1, -0.05) is 19.1 Å². The molecular formula is C27H26N6OS. The van der Waals surface area contributed by atoms with Gasteiger partial charge in [-0.15, -0.1) is 0 Å². The standard InChI is InChI=1S/C27H26N6OS/c1-3-24(34)30-20-13-12-19(17-18(20)2)33-26(25(31-27(33)35)21-9-4-6-14-28-21)22-10-8-16-32(22)23-11-5-7-15-29-23/h4-17,25-26H,3H2,1-2H3,(H,30,34)(H,31,35)/t25-,26-/m0/s1. The first kappa shape index (κ1) is 22.7. The van der Waals surface area contributed by atoms with E-state index in [0.29, 0.717) is 11.5 Å². The molecule has 0 unspecified atom stereocenters. The van der Waals surface area contributed by atoms with Gasteiger partial charge in [0, 0.05) is 42.1 Å². The van der Waals surface area contributed by atoms with Gasteiger partial charge in [-0.05, 0) is 79.3 Å². The fourth-order valence-electron chi connectivity index (χ4n) is 4.45. The lowest BCUT2D eigenvalue weighted by molar-refractivity contribution is -0.115. The average Bonchev–Trinajstić information content (AvgIpc) is 3.50. The second-order valence-electron chi connectivity index (χ2n) is 8.39. The second kappa shape index (κ2) is 9.68. The van der Waals surface area contributed by atoms with Gasteiger partial charge < -0.3 is 20.1 Å². The number of nitrogens with one attached hydrogen (secondary N) is 2. The van der Waals surface area contributed by atoms with E-state index in [1.807, 2.05) is 74.6 Å². The molecule has 0 bridgehead atoms. The predicted molar refractivity (Wildman–Crippen MR) is 142 cm³/mol. The maximum atomic E-state index is 11.9. The molecule has 1 aromatic carbocycles. The van der Waals surface area contributed by atoms with Crippen molar-refractivity contribution in [1.82, 2.24) is 19.9 Å². The molecule has 176 valence electrons. The third-order valence-corrected chi connectivity index (χ3v) is 6.48. The molecule has 4 aromatic rings. The van der Waals surface area contributed by atoms with Gasteiger partial charge in [-0.3, -0.25) is 9.78 Å². The molecule has 0 radical (unpaired) electrons. The Kier molecular flexibility index (Phi) is 6.29. The molecule has 8 heteroatoms. The molecule has 35 heavy (non-hydrogen) atoms. The van der Waals surface area contributed by atoms with Crippen LogP contribution in [-0.4, -0.2) is 25.6 Å². The summed E-state index contributed by atoms with van der Waals surface area (Å²) in [5.41, 5.74) is 4.64. The van der Waals surface area contributed by atoms with E-state index in [2.05, 4.69) is 42.2 Å². The second-order valence-corrected chi connectivity index (χ2v) is 8.78. The molecule has 7 nitrogen and oxygen atoms in total. The number of amides is 1. The molecule has 0 saturated carbocycles. The van der Waals surface area contributed by atoms with Crippen molar-refractivity contribution in [1.29, 1.82) is 0 Å². The number of carbonyl (C=O) groups excluding carboxylic acids is 1. The lowest BCUT2D eigenvalue weighted by atomic mass is 10.0. The number of rotatable bonds is 6. The summed E-state index contributed by atoms with van der Waals surface area (Å²) in [5, 5.41) is 7.08. The van der Waals surface area contributed by atoms with Gasteiger partial charge in [-0.25, -0.2) is 4.98 Å². The summed E-state index contributed by atoms with van der Waals surface area (Å²) in [6, 6.07) is 21.5. The zero-order valence-corrected chi connectivity index (χ0v) is 20.4. The van der Waals surface area contributed by atoms with Crippen LogP contribution in [0.2, 0.25) is 0 Å². The Hall–Kier alpha value is -4.04. The summed E-state index contributed by atoms with van der Waals surface area (Å²) in [6.07, 6.45) is 6.03. The molecule has 1 saturated heterocycles. The predicted octanol–water partition coefficient (Wildman–Crippen LogP) is 5.10. The number of aryl methyl sites for hydroxylation is 1. The Bertz CT molecular complexity index is 1350. The molecule has 0 aliphatic carbocycles. The van der Waals surface area contributed by atoms with Crippen molar-refractivity contribution in [3.63, 3.8) is 0 Å². The Morgan fingerprint density at radius 3 is 2.54 bits per heavy atom. The minimum atomic E-state index is -0.176. The molecule has 4 heterocycles. The van der Waals surface area contributed by atoms with E-state index >= 15 is 0 Å². The van der Waals surface area contributed by atoms with Crippen molar-refractivity contribution in [3.8, 4) is 5.82 Å². The first-order chi connectivity index (χ1) is 17.1. The molecule has 3 aromatic heterocycles. The van der Waals surface area contributed by atoms with Crippen molar-refractivity contribution >= 4 is 34.6 Å². The third kappa shape index (κ3) is 4.40. The van der Waals surface area contributed by atoms with Gasteiger partial charge >= 0.3 is 0 Å². The van der Waals surface area contributed by atoms with Crippen molar-refractivity contribution in [2.24, 2.45) is 0 Å². The maximum absolute atomic E-state index is 11.9. The summed E-state index contributed by atoms with van der Waals surface area (Å²) in [4.78, 5) is 23.3. The number of benzene rings is 1. The van der Waals surface area contributed by atoms with E-state index < -0.39 is 0 Å². The number of carbonyl (C=O) groups is 1. The smallest absolute Gasteiger partial charge is 0.224 e. The molecule has 0 spiro atoms. The summed E-state index contributed by atoms with van der Waals surface area (Å²) >= 11 is 5.87. The average molecular weight is 483 g/mol. The van der Waals surface area contributed by atoms with E-state index in [1.54, 1.807) is 12.4 Å². The Morgan fingerprint density at radius 1 is 1.06 bits per heavy atom. The number of aromatic nitrogens is 3. The largest absolute Gasteiger partial charge is 0.351 e. The third-order valence-electron chi connectivity index (χ3n) is 6.16. The van der Waals surface area contributed by atoms with Crippen molar-refractivity contribution in [2.75, 3.05) is 10.2 Å². The van der Waals surface area contributed by atoms with Gasteiger partial charge in [0.1, 0.15) is 11.9 Å². The van der Waals surface area contributed by atoms with Gasteiger partial charge in [0.2, 0.25) is 5.91 Å². The Balaban J connectivity index is 1.61. The Morgan fingerprint density at radius 2 is 1.86 bits per heavy atom. The van der Waals surface area contributed by atoms with Crippen LogP contribution in [0, 0.1) is 6.92 Å². The number of pyridine rings is 2. The van der Waals surface area contributed by atoms with E-state index in [0.717, 1.165) is 34.1 Å². The van der Waals surface area contributed by atoms with Gasteiger partial charge in [0.25, 0.3) is 0 Å². The highest BCUT2D eigenvalue weighted by Gasteiger charge is 2.42. The quantitative estimate of drug-likeness (QED) is 0.373. The fourth-order valence-corrected chi connectivity index (χ4v) is 4.80. The van der Waals surface area contributed by atoms with Crippen molar-refractivity contribution < 1.29 is 4.79 Å². The van der Waals surface area contributed by atoms with E-state index in [1.165, 1.54) is 0 Å². The molecule has 2 N–H and O–H groups in total.